The molecule has 1 atom stereocenters. The molecular formula is C21H23N5O. The summed E-state index contributed by atoms with van der Waals surface area (Å²) in [5.41, 5.74) is 10.0. The maximum Gasteiger partial charge on any atom is 0.123 e. The fourth-order valence-electron chi connectivity index (χ4n) is 3.44. The molecular weight excluding hydrogens is 338 g/mol. The fourth-order valence-corrected chi connectivity index (χ4v) is 3.44. The molecule has 3 aromatic rings. The summed E-state index contributed by atoms with van der Waals surface area (Å²) in [5.74, 6) is 0.483. The normalized spacial score (nSPS) is 17.7. The van der Waals surface area contributed by atoms with E-state index in [4.69, 9.17) is 10.5 Å². The van der Waals surface area contributed by atoms with E-state index in [9.17, 15) is 0 Å². The second-order valence-corrected chi connectivity index (χ2v) is 6.69. The van der Waals surface area contributed by atoms with Crippen LogP contribution in [0.4, 0.5) is 5.82 Å². The summed E-state index contributed by atoms with van der Waals surface area (Å²) < 4.78 is 6.06. The van der Waals surface area contributed by atoms with E-state index in [0.29, 0.717) is 12.4 Å². The van der Waals surface area contributed by atoms with Crippen molar-refractivity contribution in [3.05, 3.63) is 72.4 Å². The summed E-state index contributed by atoms with van der Waals surface area (Å²) in [6.45, 7) is 3.46. The standard InChI is InChI=1S/C21H23N5O/c22-20-12-17(6-8-24-20)18-13-23-15-25-21(18)19-14-26(10-11-27-19)9-7-16-4-2-1-3-5-16/h1-6,8,12-13,15,19H,7,9-11,14H2,(H2,22,24)/t19-/m1/s1. The Kier molecular flexibility index (Phi) is 5.37. The van der Waals surface area contributed by atoms with Gasteiger partial charge < -0.3 is 10.5 Å². The van der Waals surface area contributed by atoms with Crippen molar-refractivity contribution in [2.24, 2.45) is 0 Å². The molecule has 0 radical (unpaired) electrons. The lowest BCUT2D eigenvalue weighted by Gasteiger charge is -2.33. The molecule has 6 heteroatoms. The van der Waals surface area contributed by atoms with Crippen LogP contribution in [0.5, 0.6) is 0 Å². The summed E-state index contributed by atoms with van der Waals surface area (Å²) in [4.78, 5) is 15.2. The lowest BCUT2D eigenvalue weighted by Crippen LogP contribution is -2.39. The predicted octanol–water partition coefficient (Wildman–Crippen LogP) is 2.74. The van der Waals surface area contributed by atoms with Gasteiger partial charge in [0.05, 0.1) is 12.3 Å². The first-order valence-electron chi connectivity index (χ1n) is 9.19. The molecule has 27 heavy (non-hydrogen) atoms. The van der Waals surface area contributed by atoms with Crippen molar-refractivity contribution in [2.45, 2.75) is 12.5 Å². The molecule has 1 aliphatic rings. The van der Waals surface area contributed by atoms with Gasteiger partial charge in [0.2, 0.25) is 0 Å². The Morgan fingerprint density at radius 1 is 1.15 bits per heavy atom. The highest BCUT2D eigenvalue weighted by molar-refractivity contribution is 5.67. The topological polar surface area (TPSA) is 77.2 Å². The number of nitrogen functional groups attached to an aromatic ring is 1. The number of rotatable bonds is 5. The quantitative estimate of drug-likeness (QED) is 0.753. The van der Waals surface area contributed by atoms with Crippen LogP contribution in [0.25, 0.3) is 11.1 Å². The summed E-state index contributed by atoms with van der Waals surface area (Å²) in [6, 6.07) is 14.3. The molecule has 1 fully saturated rings. The molecule has 138 valence electrons. The number of nitrogens with zero attached hydrogens (tertiary/aromatic N) is 4. The molecule has 0 amide bonds. The van der Waals surface area contributed by atoms with E-state index in [1.807, 2.05) is 18.3 Å². The van der Waals surface area contributed by atoms with Crippen molar-refractivity contribution >= 4 is 5.82 Å². The Hall–Kier alpha value is -2.83. The molecule has 1 aromatic carbocycles. The third kappa shape index (κ3) is 4.30. The molecule has 4 rings (SSSR count). The van der Waals surface area contributed by atoms with Gasteiger partial charge in [-0.1, -0.05) is 30.3 Å². The largest absolute Gasteiger partial charge is 0.384 e. The van der Waals surface area contributed by atoms with Gasteiger partial charge in [-0.15, -0.1) is 0 Å². The Morgan fingerprint density at radius 2 is 2.04 bits per heavy atom. The first-order chi connectivity index (χ1) is 13.3. The molecule has 6 nitrogen and oxygen atoms in total. The predicted molar refractivity (Wildman–Crippen MR) is 105 cm³/mol. The van der Waals surface area contributed by atoms with E-state index in [-0.39, 0.29) is 6.10 Å². The molecule has 0 unspecified atom stereocenters. The van der Waals surface area contributed by atoms with Gasteiger partial charge in [-0.2, -0.15) is 0 Å². The van der Waals surface area contributed by atoms with Crippen LogP contribution in [0.15, 0.2) is 61.2 Å². The molecule has 1 saturated heterocycles. The molecule has 2 N–H and O–H groups in total. The Labute approximate surface area is 159 Å². The number of morpholine rings is 1. The second-order valence-electron chi connectivity index (χ2n) is 6.69. The van der Waals surface area contributed by atoms with Crippen LogP contribution in [-0.2, 0) is 11.2 Å². The summed E-state index contributed by atoms with van der Waals surface area (Å²) >= 11 is 0. The van der Waals surface area contributed by atoms with E-state index >= 15 is 0 Å². The van der Waals surface area contributed by atoms with Crippen molar-refractivity contribution in [2.75, 3.05) is 32.0 Å². The maximum absolute atomic E-state index is 6.06. The second kappa shape index (κ2) is 8.24. The monoisotopic (exact) mass is 361 g/mol. The Morgan fingerprint density at radius 3 is 2.89 bits per heavy atom. The van der Waals surface area contributed by atoms with Crippen LogP contribution in [-0.4, -0.2) is 46.1 Å². The number of anilines is 1. The molecule has 2 aromatic heterocycles. The minimum absolute atomic E-state index is 0.0816. The minimum Gasteiger partial charge on any atom is -0.384 e. The third-order valence-corrected chi connectivity index (χ3v) is 4.85. The van der Waals surface area contributed by atoms with E-state index < -0.39 is 0 Å². The summed E-state index contributed by atoms with van der Waals surface area (Å²) in [5, 5.41) is 0. The van der Waals surface area contributed by atoms with Crippen molar-refractivity contribution < 1.29 is 4.74 Å². The van der Waals surface area contributed by atoms with Gasteiger partial charge in [0.25, 0.3) is 0 Å². The van der Waals surface area contributed by atoms with E-state index in [1.165, 1.54) is 5.56 Å². The van der Waals surface area contributed by atoms with E-state index in [2.05, 4.69) is 50.2 Å². The summed E-state index contributed by atoms with van der Waals surface area (Å²) in [6.07, 6.45) is 6.06. The number of ether oxygens (including phenoxy) is 1. The highest BCUT2D eigenvalue weighted by Crippen LogP contribution is 2.30. The van der Waals surface area contributed by atoms with E-state index in [1.54, 1.807) is 12.5 Å². The van der Waals surface area contributed by atoms with Gasteiger partial charge in [-0.05, 0) is 29.7 Å². The van der Waals surface area contributed by atoms with Crippen LogP contribution < -0.4 is 5.73 Å². The molecule has 0 aliphatic carbocycles. The van der Waals surface area contributed by atoms with Crippen molar-refractivity contribution in [1.82, 2.24) is 19.9 Å². The third-order valence-electron chi connectivity index (χ3n) is 4.85. The zero-order valence-corrected chi connectivity index (χ0v) is 15.2. The number of pyridine rings is 1. The zero-order valence-electron chi connectivity index (χ0n) is 15.2. The average Bonchev–Trinajstić information content (AvgIpc) is 2.73. The molecule has 0 saturated carbocycles. The molecule has 1 aliphatic heterocycles. The Bertz CT molecular complexity index is 887. The van der Waals surface area contributed by atoms with Crippen LogP contribution in [0.1, 0.15) is 17.4 Å². The van der Waals surface area contributed by atoms with Gasteiger partial charge >= 0.3 is 0 Å². The van der Waals surface area contributed by atoms with E-state index in [0.717, 1.165) is 42.9 Å². The highest BCUT2D eigenvalue weighted by Gasteiger charge is 2.25. The highest BCUT2D eigenvalue weighted by atomic mass is 16.5. The van der Waals surface area contributed by atoms with Gasteiger partial charge in [-0.25, -0.2) is 15.0 Å². The number of hydrogen-bond acceptors (Lipinski definition) is 6. The number of hydrogen-bond donors (Lipinski definition) is 1. The minimum atomic E-state index is -0.0816. The van der Waals surface area contributed by atoms with Crippen molar-refractivity contribution in [3.63, 3.8) is 0 Å². The first-order valence-corrected chi connectivity index (χ1v) is 9.19. The molecule has 0 bridgehead atoms. The van der Waals surface area contributed by atoms with Gasteiger partial charge in [0, 0.05) is 37.6 Å². The van der Waals surface area contributed by atoms with Crippen LogP contribution in [0.3, 0.4) is 0 Å². The SMILES string of the molecule is Nc1cc(-c2cncnc2[C@H]2CN(CCc3ccccc3)CCO2)ccn1. The van der Waals surface area contributed by atoms with Crippen molar-refractivity contribution in [3.8, 4) is 11.1 Å². The zero-order chi connectivity index (χ0) is 18.5. The van der Waals surface area contributed by atoms with Crippen LogP contribution in [0.2, 0.25) is 0 Å². The molecule has 3 heterocycles. The fraction of sp³-hybridized carbons (Fsp3) is 0.286. The summed E-state index contributed by atoms with van der Waals surface area (Å²) in [7, 11) is 0. The van der Waals surface area contributed by atoms with Crippen LogP contribution >= 0.6 is 0 Å². The average molecular weight is 361 g/mol. The van der Waals surface area contributed by atoms with Crippen molar-refractivity contribution in [1.29, 1.82) is 0 Å². The Balaban J connectivity index is 1.50. The lowest BCUT2D eigenvalue weighted by molar-refractivity contribution is -0.0314. The molecule has 0 spiro atoms. The first kappa shape index (κ1) is 17.6. The number of benzene rings is 1. The lowest BCUT2D eigenvalue weighted by atomic mass is 10.0. The van der Waals surface area contributed by atoms with Crippen LogP contribution in [0, 0.1) is 0 Å². The maximum atomic E-state index is 6.06. The number of aromatic nitrogens is 3. The number of nitrogens with two attached hydrogens (primary N) is 1. The van der Waals surface area contributed by atoms with Gasteiger partial charge in [0.15, 0.2) is 0 Å². The van der Waals surface area contributed by atoms with Gasteiger partial charge in [-0.3, -0.25) is 4.90 Å². The van der Waals surface area contributed by atoms with Gasteiger partial charge in [0.1, 0.15) is 18.2 Å². The smallest absolute Gasteiger partial charge is 0.123 e.